The number of nitrogens with zero attached hydrogens (tertiary/aromatic N) is 1. The Morgan fingerprint density at radius 1 is 1.19 bits per heavy atom. The Balaban J connectivity index is 1.84. The SMILES string of the molecule is Cc1cc2ccccc2n1Cc1cc(Cl)cc2c1OCC2. The van der Waals surface area contributed by atoms with E-state index in [2.05, 4.69) is 41.8 Å². The standard InChI is InChI=1S/C18H16ClNO/c1-12-8-13-4-2-3-5-17(13)20(12)11-15-10-16(19)9-14-6-7-21-18(14)15/h2-5,8-10H,6-7,11H2,1H3. The molecule has 0 saturated heterocycles. The van der Waals surface area contributed by atoms with Crippen LogP contribution in [0, 0.1) is 6.92 Å². The van der Waals surface area contributed by atoms with Gasteiger partial charge in [0.25, 0.3) is 0 Å². The van der Waals surface area contributed by atoms with Crippen molar-refractivity contribution in [1.29, 1.82) is 0 Å². The third kappa shape index (κ3) is 2.11. The van der Waals surface area contributed by atoms with E-state index in [9.17, 15) is 0 Å². The molecule has 0 spiro atoms. The summed E-state index contributed by atoms with van der Waals surface area (Å²) in [5.41, 5.74) is 4.90. The van der Waals surface area contributed by atoms with Gasteiger partial charge in [-0.1, -0.05) is 29.8 Å². The maximum atomic E-state index is 6.26. The maximum absolute atomic E-state index is 6.26. The van der Waals surface area contributed by atoms with Crippen LogP contribution in [0.4, 0.5) is 0 Å². The number of hydrogen-bond acceptors (Lipinski definition) is 1. The Morgan fingerprint density at radius 3 is 2.95 bits per heavy atom. The minimum atomic E-state index is 0.758. The van der Waals surface area contributed by atoms with Crippen molar-refractivity contribution in [2.75, 3.05) is 6.61 Å². The summed E-state index contributed by atoms with van der Waals surface area (Å²) in [4.78, 5) is 0. The number of rotatable bonds is 2. The van der Waals surface area contributed by atoms with Gasteiger partial charge in [-0.2, -0.15) is 0 Å². The third-order valence-electron chi connectivity index (χ3n) is 4.17. The van der Waals surface area contributed by atoms with Gasteiger partial charge in [0.15, 0.2) is 0 Å². The van der Waals surface area contributed by atoms with Crippen LogP contribution in [0.5, 0.6) is 5.75 Å². The Labute approximate surface area is 128 Å². The summed E-state index contributed by atoms with van der Waals surface area (Å²) in [5, 5.41) is 2.07. The first-order valence-electron chi connectivity index (χ1n) is 7.21. The molecule has 1 aliphatic heterocycles. The van der Waals surface area contributed by atoms with Crippen molar-refractivity contribution >= 4 is 22.5 Å². The van der Waals surface area contributed by atoms with Crippen LogP contribution in [0.1, 0.15) is 16.8 Å². The lowest BCUT2D eigenvalue weighted by Gasteiger charge is -2.12. The van der Waals surface area contributed by atoms with Gasteiger partial charge in [0, 0.05) is 28.2 Å². The molecule has 0 fully saturated rings. The zero-order valence-electron chi connectivity index (χ0n) is 11.9. The van der Waals surface area contributed by atoms with Crippen molar-refractivity contribution in [2.45, 2.75) is 19.9 Å². The molecule has 2 heterocycles. The minimum absolute atomic E-state index is 0.758. The van der Waals surface area contributed by atoms with Crippen LogP contribution in [0.15, 0.2) is 42.5 Å². The quantitative estimate of drug-likeness (QED) is 0.675. The molecule has 0 saturated carbocycles. The molecule has 2 aromatic carbocycles. The summed E-state index contributed by atoms with van der Waals surface area (Å²) in [5.74, 6) is 1.02. The van der Waals surface area contributed by atoms with Crippen molar-refractivity contribution in [3.8, 4) is 5.75 Å². The van der Waals surface area contributed by atoms with Gasteiger partial charge in [-0.05, 0) is 42.1 Å². The lowest BCUT2D eigenvalue weighted by Crippen LogP contribution is -2.03. The highest BCUT2D eigenvalue weighted by Gasteiger charge is 2.18. The van der Waals surface area contributed by atoms with Gasteiger partial charge in [0.05, 0.1) is 13.2 Å². The minimum Gasteiger partial charge on any atom is -0.493 e. The molecule has 0 aliphatic carbocycles. The molecule has 0 radical (unpaired) electrons. The molecule has 4 rings (SSSR count). The van der Waals surface area contributed by atoms with Crippen LogP contribution in [-0.4, -0.2) is 11.2 Å². The number of aromatic nitrogens is 1. The molecule has 106 valence electrons. The van der Waals surface area contributed by atoms with E-state index in [1.807, 2.05) is 12.1 Å². The third-order valence-corrected chi connectivity index (χ3v) is 4.39. The van der Waals surface area contributed by atoms with Crippen molar-refractivity contribution in [3.63, 3.8) is 0 Å². The molecule has 3 aromatic rings. The van der Waals surface area contributed by atoms with Gasteiger partial charge in [-0.15, -0.1) is 0 Å². The molecule has 0 unspecified atom stereocenters. The first-order chi connectivity index (χ1) is 10.2. The van der Waals surface area contributed by atoms with E-state index < -0.39 is 0 Å². The first-order valence-corrected chi connectivity index (χ1v) is 7.59. The monoisotopic (exact) mass is 297 g/mol. The maximum Gasteiger partial charge on any atom is 0.127 e. The summed E-state index contributed by atoms with van der Waals surface area (Å²) in [6.07, 6.45) is 0.953. The van der Waals surface area contributed by atoms with E-state index in [4.69, 9.17) is 16.3 Å². The molecule has 21 heavy (non-hydrogen) atoms. The van der Waals surface area contributed by atoms with Gasteiger partial charge in [0.2, 0.25) is 0 Å². The number of para-hydroxylation sites is 1. The average Bonchev–Trinajstić information content (AvgIpc) is 3.04. The number of benzene rings is 2. The van der Waals surface area contributed by atoms with Gasteiger partial charge < -0.3 is 9.30 Å². The summed E-state index contributed by atoms with van der Waals surface area (Å²) < 4.78 is 8.14. The highest BCUT2D eigenvalue weighted by molar-refractivity contribution is 6.30. The first kappa shape index (κ1) is 12.8. The smallest absolute Gasteiger partial charge is 0.127 e. The van der Waals surface area contributed by atoms with Crippen LogP contribution in [-0.2, 0) is 13.0 Å². The van der Waals surface area contributed by atoms with Gasteiger partial charge >= 0.3 is 0 Å². The van der Waals surface area contributed by atoms with Crippen molar-refractivity contribution in [1.82, 2.24) is 4.57 Å². The van der Waals surface area contributed by atoms with Gasteiger partial charge in [-0.25, -0.2) is 0 Å². The molecule has 0 N–H and O–H groups in total. The van der Waals surface area contributed by atoms with E-state index in [0.29, 0.717) is 0 Å². The number of aryl methyl sites for hydroxylation is 1. The summed E-state index contributed by atoms with van der Waals surface area (Å²) in [7, 11) is 0. The summed E-state index contributed by atoms with van der Waals surface area (Å²) in [6, 6.07) is 14.7. The molecule has 0 atom stereocenters. The van der Waals surface area contributed by atoms with Crippen LogP contribution < -0.4 is 4.74 Å². The van der Waals surface area contributed by atoms with Gasteiger partial charge in [-0.3, -0.25) is 0 Å². The fraction of sp³-hybridized carbons (Fsp3) is 0.222. The van der Waals surface area contributed by atoms with Crippen LogP contribution in [0.2, 0.25) is 5.02 Å². The lowest BCUT2D eigenvalue weighted by molar-refractivity contribution is 0.353. The van der Waals surface area contributed by atoms with E-state index in [-0.39, 0.29) is 0 Å². The molecule has 1 aromatic heterocycles. The lowest BCUT2D eigenvalue weighted by atomic mass is 10.1. The van der Waals surface area contributed by atoms with Crippen LogP contribution in [0.3, 0.4) is 0 Å². The zero-order chi connectivity index (χ0) is 14.4. The normalized spacial score (nSPS) is 13.4. The summed E-state index contributed by atoms with van der Waals surface area (Å²) >= 11 is 6.26. The predicted octanol–water partition coefficient (Wildman–Crippen LogP) is 4.59. The number of fused-ring (bicyclic) bond motifs is 2. The number of hydrogen-bond donors (Lipinski definition) is 0. The van der Waals surface area contributed by atoms with Gasteiger partial charge in [0.1, 0.15) is 5.75 Å². The average molecular weight is 298 g/mol. The largest absolute Gasteiger partial charge is 0.493 e. The van der Waals surface area contributed by atoms with E-state index in [1.165, 1.54) is 27.7 Å². The number of ether oxygens (including phenoxy) is 1. The molecule has 3 heteroatoms. The molecule has 1 aliphatic rings. The van der Waals surface area contributed by atoms with E-state index in [1.54, 1.807) is 0 Å². The second kappa shape index (κ2) is 4.81. The fourth-order valence-electron chi connectivity index (χ4n) is 3.19. The van der Waals surface area contributed by atoms with Crippen molar-refractivity contribution in [2.24, 2.45) is 0 Å². The van der Waals surface area contributed by atoms with Crippen molar-refractivity contribution in [3.05, 3.63) is 64.3 Å². The highest BCUT2D eigenvalue weighted by atomic mass is 35.5. The zero-order valence-corrected chi connectivity index (χ0v) is 12.7. The predicted molar refractivity (Wildman–Crippen MR) is 86.4 cm³/mol. The fourth-order valence-corrected chi connectivity index (χ4v) is 3.46. The highest BCUT2D eigenvalue weighted by Crippen LogP contribution is 2.34. The Kier molecular flexibility index (Phi) is 2.93. The number of halogens is 1. The summed E-state index contributed by atoms with van der Waals surface area (Å²) in [6.45, 7) is 3.70. The second-order valence-electron chi connectivity index (χ2n) is 5.58. The topological polar surface area (TPSA) is 14.2 Å². The Hall–Kier alpha value is -1.93. The van der Waals surface area contributed by atoms with Crippen molar-refractivity contribution < 1.29 is 4.74 Å². The Bertz CT molecular complexity index is 835. The second-order valence-corrected chi connectivity index (χ2v) is 6.02. The molecule has 2 nitrogen and oxygen atoms in total. The van der Waals surface area contributed by atoms with Crippen LogP contribution >= 0.6 is 11.6 Å². The Morgan fingerprint density at radius 2 is 2.05 bits per heavy atom. The van der Waals surface area contributed by atoms with E-state index >= 15 is 0 Å². The molecular formula is C18H16ClNO. The molecule has 0 bridgehead atoms. The van der Waals surface area contributed by atoms with Crippen LogP contribution in [0.25, 0.3) is 10.9 Å². The van der Waals surface area contributed by atoms with E-state index in [0.717, 1.165) is 30.3 Å². The molecular weight excluding hydrogens is 282 g/mol. The molecule has 0 amide bonds.